The fourth-order valence-corrected chi connectivity index (χ4v) is 2.31. The van der Waals surface area contributed by atoms with Gasteiger partial charge in [0.2, 0.25) is 0 Å². The SMILES string of the molecule is CCOc1ccc(C#N)cc1NC(=O)N[C@@H](CC)c1ccncc1. The summed E-state index contributed by atoms with van der Waals surface area (Å²) in [6.45, 7) is 4.32. The normalized spacial score (nSPS) is 11.2. The van der Waals surface area contributed by atoms with Crippen molar-refractivity contribution in [1.82, 2.24) is 10.3 Å². The van der Waals surface area contributed by atoms with Crippen molar-refractivity contribution in [2.45, 2.75) is 26.3 Å². The van der Waals surface area contributed by atoms with Crippen LogP contribution >= 0.6 is 0 Å². The lowest BCUT2D eigenvalue weighted by atomic mass is 10.1. The molecule has 1 atom stereocenters. The third-order valence-electron chi connectivity index (χ3n) is 3.48. The van der Waals surface area contributed by atoms with Crippen LogP contribution < -0.4 is 15.4 Å². The molecule has 124 valence electrons. The molecule has 1 heterocycles. The highest BCUT2D eigenvalue weighted by molar-refractivity contribution is 5.91. The van der Waals surface area contributed by atoms with E-state index in [1.165, 1.54) is 0 Å². The number of ether oxygens (including phenoxy) is 1. The molecule has 6 nitrogen and oxygen atoms in total. The maximum atomic E-state index is 12.3. The smallest absolute Gasteiger partial charge is 0.319 e. The Labute approximate surface area is 141 Å². The standard InChI is InChI=1S/C18H20N4O2/c1-3-15(14-7-9-20-10-8-14)21-18(23)22-16-11-13(12-19)5-6-17(16)24-4-2/h5-11,15H,3-4H2,1-2H3,(H2,21,22,23)/t15-/m0/s1. The highest BCUT2D eigenvalue weighted by Gasteiger charge is 2.14. The van der Waals surface area contributed by atoms with Gasteiger partial charge in [-0.2, -0.15) is 5.26 Å². The summed E-state index contributed by atoms with van der Waals surface area (Å²) in [5.74, 6) is 0.531. The van der Waals surface area contributed by atoms with Gasteiger partial charge in [-0.15, -0.1) is 0 Å². The lowest BCUT2D eigenvalue weighted by Gasteiger charge is -2.18. The van der Waals surface area contributed by atoms with Gasteiger partial charge in [-0.3, -0.25) is 4.98 Å². The van der Waals surface area contributed by atoms with Crippen molar-refractivity contribution in [3.8, 4) is 11.8 Å². The summed E-state index contributed by atoms with van der Waals surface area (Å²) in [6, 6.07) is 10.2. The van der Waals surface area contributed by atoms with Crippen LogP contribution in [0.4, 0.5) is 10.5 Å². The molecule has 2 amide bonds. The van der Waals surface area contributed by atoms with E-state index in [0.29, 0.717) is 23.6 Å². The second kappa shape index (κ2) is 8.53. The van der Waals surface area contributed by atoms with Gasteiger partial charge in [0, 0.05) is 12.4 Å². The van der Waals surface area contributed by atoms with Crippen molar-refractivity contribution in [2.75, 3.05) is 11.9 Å². The molecule has 0 saturated heterocycles. The van der Waals surface area contributed by atoms with E-state index in [2.05, 4.69) is 21.7 Å². The third kappa shape index (κ3) is 4.46. The topological polar surface area (TPSA) is 87.0 Å². The zero-order chi connectivity index (χ0) is 17.4. The molecule has 6 heteroatoms. The number of rotatable bonds is 6. The number of aromatic nitrogens is 1. The van der Waals surface area contributed by atoms with E-state index in [4.69, 9.17) is 10.00 Å². The number of carbonyl (C=O) groups is 1. The molecule has 2 aromatic rings. The Bertz CT molecular complexity index is 726. The zero-order valence-electron chi connectivity index (χ0n) is 13.7. The number of pyridine rings is 1. The second-order valence-electron chi connectivity index (χ2n) is 5.10. The van der Waals surface area contributed by atoms with Crippen molar-refractivity contribution in [1.29, 1.82) is 5.26 Å². The molecular formula is C18H20N4O2. The third-order valence-corrected chi connectivity index (χ3v) is 3.48. The zero-order valence-corrected chi connectivity index (χ0v) is 13.7. The Morgan fingerprint density at radius 1 is 1.29 bits per heavy atom. The molecule has 2 N–H and O–H groups in total. The highest BCUT2D eigenvalue weighted by Crippen LogP contribution is 2.26. The van der Waals surface area contributed by atoms with E-state index in [9.17, 15) is 4.79 Å². The maximum Gasteiger partial charge on any atom is 0.319 e. The van der Waals surface area contributed by atoms with Crippen LogP contribution in [0, 0.1) is 11.3 Å². The van der Waals surface area contributed by atoms with Gasteiger partial charge < -0.3 is 15.4 Å². The molecule has 0 spiro atoms. The number of amides is 2. The van der Waals surface area contributed by atoms with E-state index in [0.717, 1.165) is 12.0 Å². The van der Waals surface area contributed by atoms with Crippen molar-refractivity contribution >= 4 is 11.7 Å². The molecule has 0 bridgehead atoms. The summed E-state index contributed by atoms with van der Waals surface area (Å²) < 4.78 is 5.49. The number of nitrogens with zero attached hydrogens (tertiary/aromatic N) is 2. The molecule has 24 heavy (non-hydrogen) atoms. The van der Waals surface area contributed by atoms with Gasteiger partial charge in [0.05, 0.1) is 30.0 Å². The van der Waals surface area contributed by atoms with Crippen LogP contribution in [0.5, 0.6) is 5.75 Å². The molecular weight excluding hydrogens is 304 g/mol. The first-order valence-corrected chi connectivity index (χ1v) is 7.82. The van der Waals surface area contributed by atoms with Crippen LogP contribution in [0.3, 0.4) is 0 Å². The lowest BCUT2D eigenvalue weighted by molar-refractivity contribution is 0.248. The molecule has 2 rings (SSSR count). The summed E-state index contributed by atoms with van der Waals surface area (Å²) in [7, 11) is 0. The number of hydrogen-bond donors (Lipinski definition) is 2. The van der Waals surface area contributed by atoms with Crippen LogP contribution in [-0.2, 0) is 0 Å². The summed E-state index contributed by atoms with van der Waals surface area (Å²) in [4.78, 5) is 16.3. The van der Waals surface area contributed by atoms with Crippen LogP contribution in [0.25, 0.3) is 0 Å². The number of nitriles is 1. The van der Waals surface area contributed by atoms with Crippen molar-refractivity contribution in [3.05, 3.63) is 53.9 Å². The number of anilines is 1. The quantitative estimate of drug-likeness (QED) is 0.849. The van der Waals surface area contributed by atoms with E-state index < -0.39 is 0 Å². The molecule has 1 aromatic carbocycles. The fourth-order valence-electron chi connectivity index (χ4n) is 2.31. The van der Waals surface area contributed by atoms with Crippen LogP contribution in [0.1, 0.15) is 37.4 Å². The Kier molecular flexibility index (Phi) is 6.15. The average Bonchev–Trinajstić information content (AvgIpc) is 2.62. The van der Waals surface area contributed by atoms with E-state index in [-0.39, 0.29) is 12.1 Å². The summed E-state index contributed by atoms with van der Waals surface area (Å²) in [5, 5.41) is 14.7. The summed E-state index contributed by atoms with van der Waals surface area (Å²) >= 11 is 0. The first-order valence-electron chi connectivity index (χ1n) is 7.82. The van der Waals surface area contributed by atoms with Gasteiger partial charge in [-0.1, -0.05) is 6.92 Å². The van der Waals surface area contributed by atoms with Crippen molar-refractivity contribution in [2.24, 2.45) is 0 Å². The minimum absolute atomic E-state index is 0.123. The molecule has 0 aliphatic rings. The van der Waals surface area contributed by atoms with Gasteiger partial charge in [-0.25, -0.2) is 4.79 Å². The Morgan fingerprint density at radius 3 is 2.67 bits per heavy atom. The fraction of sp³-hybridized carbons (Fsp3) is 0.278. The molecule has 0 fully saturated rings. The van der Waals surface area contributed by atoms with E-state index in [1.807, 2.05) is 26.0 Å². The van der Waals surface area contributed by atoms with Gasteiger partial charge in [0.15, 0.2) is 0 Å². The first-order chi connectivity index (χ1) is 11.7. The maximum absolute atomic E-state index is 12.3. The molecule has 1 aromatic heterocycles. The van der Waals surface area contributed by atoms with Gasteiger partial charge in [-0.05, 0) is 49.2 Å². The average molecular weight is 324 g/mol. The molecule has 0 aliphatic carbocycles. The Balaban J connectivity index is 2.12. The summed E-state index contributed by atoms with van der Waals surface area (Å²) in [5.41, 5.74) is 1.91. The molecule has 0 unspecified atom stereocenters. The highest BCUT2D eigenvalue weighted by atomic mass is 16.5. The van der Waals surface area contributed by atoms with Gasteiger partial charge in [0.1, 0.15) is 5.75 Å². The minimum atomic E-state index is -0.352. The largest absolute Gasteiger partial charge is 0.492 e. The van der Waals surface area contributed by atoms with Crippen molar-refractivity contribution in [3.63, 3.8) is 0 Å². The number of benzene rings is 1. The first kappa shape index (κ1) is 17.3. The van der Waals surface area contributed by atoms with Gasteiger partial charge >= 0.3 is 6.03 Å². The number of urea groups is 1. The molecule has 0 radical (unpaired) electrons. The van der Waals surface area contributed by atoms with Crippen LogP contribution in [0.15, 0.2) is 42.7 Å². The second-order valence-corrected chi connectivity index (χ2v) is 5.10. The number of carbonyl (C=O) groups excluding carboxylic acids is 1. The number of hydrogen-bond acceptors (Lipinski definition) is 4. The number of nitrogens with one attached hydrogen (secondary N) is 2. The minimum Gasteiger partial charge on any atom is -0.492 e. The molecule has 0 saturated carbocycles. The van der Waals surface area contributed by atoms with Crippen LogP contribution in [0.2, 0.25) is 0 Å². The lowest BCUT2D eigenvalue weighted by Crippen LogP contribution is -2.32. The van der Waals surface area contributed by atoms with E-state index in [1.54, 1.807) is 30.6 Å². The van der Waals surface area contributed by atoms with Crippen molar-refractivity contribution < 1.29 is 9.53 Å². The summed E-state index contributed by atoms with van der Waals surface area (Å²) in [6.07, 6.45) is 4.14. The Morgan fingerprint density at radius 2 is 2.04 bits per heavy atom. The predicted molar refractivity (Wildman–Crippen MR) is 91.7 cm³/mol. The monoisotopic (exact) mass is 324 g/mol. The Hall–Kier alpha value is -3.07. The van der Waals surface area contributed by atoms with E-state index >= 15 is 0 Å². The van der Waals surface area contributed by atoms with Crippen LogP contribution in [-0.4, -0.2) is 17.6 Å². The molecule has 0 aliphatic heterocycles. The predicted octanol–water partition coefficient (Wildman–Crippen LogP) is 3.62. The van der Waals surface area contributed by atoms with Gasteiger partial charge in [0.25, 0.3) is 0 Å².